The van der Waals surface area contributed by atoms with Crippen LogP contribution >= 0.6 is 0 Å². The summed E-state index contributed by atoms with van der Waals surface area (Å²) in [4.78, 5) is 9.79. The molecular weight excluding hydrogens is 265 g/mol. The highest BCUT2D eigenvalue weighted by Crippen LogP contribution is 2.42. The highest BCUT2D eigenvalue weighted by atomic mass is 19.4. The van der Waals surface area contributed by atoms with Gasteiger partial charge in [0.15, 0.2) is 0 Å². The molecule has 1 aromatic rings. The van der Waals surface area contributed by atoms with Gasteiger partial charge >= 0.3 is 6.18 Å². The van der Waals surface area contributed by atoms with Gasteiger partial charge in [0.25, 0.3) is 5.69 Å². The van der Waals surface area contributed by atoms with Crippen molar-refractivity contribution >= 4 is 5.69 Å². The number of nitrogens with zero attached hydrogens (tertiary/aromatic N) is 1. The molecule has 0 bridgehead atoms. The number of aliphatic hydroxyl groups excluding tert-OH is 1. The molecule has 0 heterocycles. The highest BCUT2D eigenvalue weighted by Gasteiger charge is 2.43. The predicted molar refractivity (Wildman–Crippen MR) is 59.2 cm³/mol. The topological polar surface area (TPSA) is 89.4 Å². The summed E-state index contributed by atoms with van der Waals surface area (Å²) in [5.74, 6) is 0. The first-order valence-electron chi connectivity index (χ1n) is 5.46. The largest absolute Gasteiger partial charge is 0.416 e. The van der Waals surface area contributed by atoms with Crippen LogP contribution in [0.3, 0.4) is 0 Å². The van der Waals surface area contributed by atoms with Crippen molar-refractivity contribution in [2.24, 2.45) is 5.73 Å². The van der Waals surface area contributed by atoms with Crippen molar-refractivity contribution in [2.75, 3.05) is 0 Å². The van der Waals surface area contributed by atoms with Crippen LogP contribution in [0.4, 0.5) is 18.9 Å². The molecule has 0 aliphatic heterocycles. The van der Waals surface area contributed by atoms with E-state index in [2.05, 4.69) is 0 Å². The minimum Gasteiger partial charge on any atom is -0.393 e. The first kappa shape index (κ1) is 13.8. The van der Waals surface area contributed by atoms with Crippen molar-refractivity contribution in [1.29, 1.82) is 0 Å². The number of nitro groups is 1. The van der Waals surface area contributed by atoms with Crippen LogP contribution in [0.1, 0.15) is 24.0 Å². The van der Waals surface area contributed by atoms with Crippen LogP contribution in [0, 0.1) is 10.1 Å². The second-order valence-corrected chi connectivity index (χ2v) is 4.74. The summed E-state index contributed by atoms with van der Waals surface area (Å²) >= 11 is 0. The van der Waals surface area contributed by atoms with Gasteiger partial charge in [-0.05, 0) is 24.5 Å². The van der Waals surface area contributed by atoms with E-state index in [1.807, 2.05) is 0 Å². The second-order valence-electron chi connectivity index (χ2n) is 4.74. The maximum Gasteiger partial charge on any atom is 0.416 e. The number of halogens is 3. The van der Waals surface area contributed by atoms with Crippen LogP contribution in [-0.4, -0.2) is 16.1 Å². The molecule has 1 aromatic carbocycles. The molecule has 0 aromatic heterocycles. The Morgan fingerprint density at radius 1 is 1.37 bits per heavy atom. The Kier molecular flexibility index (Phi) is 3.02. The Labute approximate surface area is 106 Å². The fourth-order valence-electron chi connectivity index (χ4n) is 2.18. The van der Waals surface area contributed by atoms with Crippen molar-refractivity contribution in [3.8, 4) is 0 Å². The molecule has 0 unspecified atom stereocenters. The lowest BCUT2D eigenvalue weighted by Gasteiger charge is -2.42. The lowest BCUT2D eigenvalue weighted by Crippen LogP contribution is -2.51. The smallest absolute Gasteiger partial charge is 0.393 e. The van der Waals surface area contributed by atoms with Crippen LogP contribution in [0.25, 0.3) is 0 Å². The van der Waals surface area contributed by atoms with Gasteiger partial charge in [0.1, 0.15) is 0 Å². The summed E-state index contributed by atoms with van der Waals surface area (Å²) in [6, 6.07) is 2.31. The van der Waals surface area contributed by atoms with Crippen LogP contribution in [-0.2, 0) is 11.7 Å². The maximum absolute atomic E-state index is 12.7. The zero-order valence-corrected chi connectivity index (χ0v) is 9.65. The summed E-state index contributed by atoms with van der Waals surface area (Å²) in [6.45, 7) is 0. The summed E-state index contributed by atoms with van der Waals surface area (Å²) in [5.41, 5.74) is 2.97. The van der Waals surface area contributed by atoms with E-state index in [1.165, 1.54) is 0 Å². The number of alkyl halides is 3. The van der Waals surface area contributed by atoms with Gasteiger partial charge in [-0.2, -0.15) is 13.2 Å². The normalized spacial score (nSPS) is 26.9. The number of benzene rings is 1. The van der Waals surface area contributed by atoms with E-state index in [-0.39, 0.29) is 18.4 Å². The van der Waals surface area contributed by atoms with Crippen molar-refractivity contribution in [2.45, 2.75) is 30.7 Å². The minimum absolute atomic E-state index is 0.0272. The SMILES string of the molecule is NC1(c2cc([N+](=O)[O-])cc(C(F)(F)F)c2)CC(O)C1. The van der Waals surface area contributed by atoms with Crippen LogP contribution < -0.4 is 5.73 Å². The van der Waals surface area contributed by atoms with Gasteiger partial charge in [0, 0.05) is 17.7 Å². The minimum atomic E-state index is -4.68. The number of hydrogen-bond acceptors (Lipinski definition) is 4. The molecular formula is C11H11F3N2O3. The lowest BCUT2D eigenvalue weighted by molar-refractivity contribution is -0.385. The molecule has 1 aliphatic carbocycles. The molecule has 0 saturated heterocycles. The molecule has 19 heavy (non-hydrogen) atoms. The highest BCUT2D eigenvalue weighted by molar-refractivity contribution is 5.44. The van der Waals surface area contributed by atoms with E-state index in [1.54, 1.807) is 0 Å². The van der Waals surface area contributed by atoms with Crippen molar-refractivity contribution in [3.63, 3.8) is 0 Å². The molecule has 1 saturated carbocycles. The van der Waals surface area contributed by atoms with E-state index in [9.17, 15) is 28.4 Å². The lowest BCUT2D eigenvalue weighted by atomic mass is 9.70. The first-order valence-corrected chi connectivity index (χ1v) is 5.46. The molecule has 0 spiro atoms. The van der Waals surface area contributed by atoms with Crippen LogP contribution in [0.2, 0.25) is 0 Å². The van der Waals surface area contributed by atoms with E-state index in [0.717, 1.165) is 12.1 Å². The molecule has 104 valence electrons. The average Bonchev–Trinajstić information content (AvgIpc) is 2.25. The van der Waals surface area contributed by atoms with E-state index < -0.39 is 34.0 Å². The Balaban J connectivity index is 2.50. The molecule has 5 nitrogen and oxygen atoms in total. The summed E-state index contributed by atoms with van der Waals surface area (Å²) < 4.78 is 38.1. The third kappa shape index (κ3) is 2.54. The zero-order chi connectivity index (χ0) is 14.4. The molecule has 1 aliphatic rings. The molecule has 0 atom stereocenters. The average molecular weight is 276 g/mol. The van der Waals surface area contributed by atoms with Gasteiger partial charge in [-0.3, -0.25) is 10.1 Å². The molecule has 2 rings (SSSR count). The van der Waals surface area contributed by atoms with E-state index in [0.29, 0.717) is 6.07 Å². The van der Waals surface area contributed by atoms with Crippen LogP contribution in [0.5, 0.6) is 0 Å². The fraction of sp³-hybridized carbons (Fsp3) is 0.455. The Morgan fingerprint density at radius 2 is 1.95 bits per heavy atom. The van der Waals surface area contributed by atoms with Crippen molar-refractivity contribution in [1.82, 2.24) is 0 Å². The monoisotopic (exact) mass is 276 g/mol. The number of rotatable bonds is 2. The molecule has 0 radical (unpaired) electrons. The second kappa shape index (κ2) is 4.17. The van der Waals surface area contributed by atoms with Gasteiger partial charge in [-0.1, -0.05) is 0 Å². The van der Waals surface area contributed by atoms with Gasteiger partial charge in [-0.25, -0.2) is 0 Å². The molecule has 8 heteroatoms. The number of aliphatic hydroxyl groups is 1. The Morgan fingerprint density at radius 3 is 2.37 bits per heavy atom. The number of non-ortho nitro benzene ring substituents is 1. The number of hydrogen-bond donors (Lipinski definition) is 2. The number of nitro benzene ring substituents is 1. The number of nitrogens with two attached hydrogens (primary N) is 1. The predicted octanol–water partition coefficient (Wildman–Crippen LogP) is 1.92. The van der Waals surface area contributed by atoms with Gasteiger partial charge < -0.3 is 10.8 Å². The fourth-order valence-corrected chi connectivity index (χ4v) is 2.18. The summed E-state index contributed by atoms with van der Waals surface area (Å²) in [7, 11) is 0. The molecule has 1 fully saturated rings. The molecule has 0 amide bonds. The zero-order valence-electron chi connectivity index (χ0n) is 9.65. The first-order chi connectivity index (χ1) is 8.62. The maximum atomic E-state index is 12.7. The Bertz CT molecular complexity index is 524. The summed E-state index contributed by atoms with van der Waals surface area (Å²) in [6.07, 6.45) is -5.19. The Hall–Kier alpha value is -1.67. The summed E-state index contributed by atoms with van der Waals surface area (Å²) in [5, 5.41) is 19.9. The third-order valence-corrected chi connectivity index (χ3v) is 3.23. The standard InChI is InChI=1S/C11H11F3N2O3/c12-11(13,14)7-1-6(2-8(3-7)16(18)19)10(15)4-9(17)5-10/h1-3,9,17H,4-5,15H2. The van der Waals surface area contributed by atoms with Gasteiger partial charge in [-0.15, -0.1) is 0 Å². The third-order valence-electron chi connectivity index (χ3n) is 3.23. The van der Waals surface area contributed by atoms with Crippen molar-refractivity contribution < 1.29 is 23.2 Å². The molecule has 3 N–H and O–H groups in total. The van der Waals surface area contributed by atoms with Gasteiger partial charge in [0.2, 0.25) is 0 Å². The van der Waals surface area contributed by atoms with E-state index >= 15 is 0 Å². The van der Waals surface area contributed by atoms with E-state index in [4.69, 9.17) is 5.73 Å². The van der Waals surface area contributed by atoms with Crippen LogP contribution in [0.15, 0.2) is 18.2 Å². The van der Waals surface area contributed by atoms with Gasteiger partial charge in [0.05, 0.1) is 16.6 Å². The quantitative estimate of drug-likeness (QED) is 0.638. The van der Waals surface area contributed by atoms with Crippen molar-refractivity contribution in [3.05, 3.63) is 39.4 Å².